The van der Waals surface area contributed by atoms with Gasteiger partial charge in [-0.15, -0.1) is 0 Å². The number of nitrogens with two attached hydrogens (primary N) is 1. The monoisotopic (exact) mass is 151 g/mol. The maximum absolute atomic E-state index is 5.87. The highest BCUT2D eigenvalue weighted by molar-refractivity contribution is 5.15. The first-order valence-corrected chi connectivity index (χ1v) is 4.82. The van der Waals surface area contributed by atoms with E-state index in [9.17, 15) is 0 Å². The van der Waals surface area contributed by atoms with E-state index >= 15 is 0 Å². The molecule has 0 aromatic rings. The van der Waals surface area contributed by atoms with Gasteiger partial charge in [-0.05, 0) is 38.0 Å². The van der Waals surface area contributed by atoms with Crippen LogP contribution in [0.4, 0.5) is 0 Å². The molecule has 1 heteroatoms. The van der Waals surface area contributed by atoms with Crippen LogP contribution in [0.25, 0.3) is 0 Å². The molecule has 0 spiro atoms. The number of hydrogen-bond acceptors (Lipinski definition) is 1. The van der Waals surface area contributed by atoms with Crippen molar-refractivity contribution in [3.05, 3.63) is 11.6 Å². The van der Waals surface area contributed by atoms with Gasteiger partial charge in [0.1, 0.15) is 0 Å². The first-order chi connectivity index (χ1) is 5.36. The average molecular weight is 151 g/mol. The Morgan fingerprint density at radius 2 is 2.00 bits per heavy atom. The first kappa shape index (κ1) is 7.35. The molecular weight excluding hydrogens is 134 g/mol. The lowest BCUT2D eigenvalue weighted by atomic mass is 9.75. The van der Waals surface area contributed by atoms with Crippen molar-refractivity contribution >= 4 is 0 Å². The van der Waals surface area contributed by atoms with E-state index in [1.807, 2.05) is 0 Å². The van der Waals surface area contributed by atoms with Gasteiger partial charge in [0, 0.05) is 6.04 Å². The van der Waals surface area contributed by atoms with E-state index in [-0.39, 0.29) is 0 Å². The van der Waals surface area contributed by atoms with Gasteiger partial charge in [0.2, 0.25) is 0 Å². The maximum Gasteiger partial charge on any atom is 0.0226 e. The van der Waals surface area contributed by atoms with Crippen LogP contribution in [-0.4, -0.2) is 6.04 Å². The molecule has 2 aliphatic rings. The van der Waals surface area contributed by atoms with Crippen LogP contribution < -0.4 is 5.73 Å². The minimum absolute atomic E-state index is 0.374. The molecular formula is C10H17N. The molecule has 62 valence electrons. The van der Waals surface area contributed by atoms with Crippen molar-refractivity contribution in [2.75, 3.05) is 0 Å². The van der Waals surface area contributed by atoms with Crippen molar-refractivity contribution in [1.29, 1.82) is 0 Å². The molecule has 0 aromatic carbocycles. The highest BCUT2D eigenvalue weighted by Gasteiger charge is 2.23. The van der Waals surface area contributed by atoms with E-state index in [0.717, 1.165) is 5.92 Å². The van der Waals surface area contributed by atoms with E-state index in [1.165, 1.54) is 38.5 Å². The van der Waals surface area contributed by atoms with Gasteiger partial charge in [0.15, 0.2) is 0 Å². The molecule has 0 amide bonds. The van der Waals surface area contributed by atoms with Gasteiger partial charge in [-0.25, -0.2) is 0 Å². The molecule has 2 rings (SSSR count). The highest BCUT2D eigenvalue weighted by Crippen LogP contribution is 2.37. The Morgan fingerprint density at radius 1 is 1.18 bits per heavy atom. The van der Waals surface area contributed by atoms with Crippen molar-refractivity contribution in [3.8, 4) is 0 Å². The third-order valence-corrected chi connectivity index (χ3v) is 3.06. The molecule has 1 saturated carbocycles. The second-order valence-corrected chi connectivity index (χ2v) is 3.93. The molecule has 1 unspecified atom stereocenters. The Balaban J connectivity index is 1.99. The predicted molar refractivity (Wildman–Crippen MR) is 47.3 cm³/mol. The highest BCUT2D eigenvalue weighted by atomic mass is 14.6. The molecule has 0 bridgehead atoms. The minimum atomic E-state index is 0.374. The molecule has 1 nitrogen and oxygen atoms in total. The van der Waals surface area contributed by atoms with Gasteiger partial charge in [0.25, 0.3) is 0 Å². The molecule has 1 fully saturated rings. The Hall–Kier alpha value is -0.300. The summed E-state index contributed by atoms with van der Waals surface area (Å²) in [6.45, 7) is 0. The molecule has 0 aliphatic heterocycles. The van der Waals surface area contributed by atoms with Crippen LogP contribution in [0, 0.1) is 5.92 Å². The summed E-state index contributed by atoms with van der Waals surface area (Å²) >= 11 is 0. The first-order valence-electron chi connectivity index (χ1n) is 4.82. The van der Waals surface area contributed by atoms with Gasteiger partial charge < -0.3 is 5.73 Å². The largest absolute Gasteiger partial charge is 0.324 e. The van der Waals surface area contributed by atoms with E-state index in [0.29, 0.717) is 6.04 Å². The van der Waals surface area contributed by atoms with E-state index in [1.54, 1.807) is 5.57 Å². The average Bonchev–Trinajstić information content (AvgIpc) is 1.83. The van der Waals surface area contributed by atoms with Crippen LogP contribution in [0.5, 0.6) is 0 Å². The fourth-order valence-corrected chi connectivity index (χ4v) is 2.10. The zero-order valence-corrected chi connectivity index (χ0v) is 7.05. The lowest BCUT2D eigenvalue weighted by Gasteiger charge is -2.31. The lowest BCUT2D eigenvalue weighted by molar-refractivity contribution is 0.349. The smallest absolute Gasteiger partial charge is 0.0226 e. The van der Waals surface area contributed by atoms with Crippen LogP contribution in [0.15, 0.2) is 11.6 Å². The second-order valence-electron chi connectivity index (χ2n) is 3.93. The maximum atomic E-state index is 5.87. The molecule has 1 atom stereocenters. The minimum Gasteiger partial charge on any atom is -0.324 e. The number of allylic oxidation sites excluding steroid dienone is 1. The summed E-state index contributed by atoms with van der Waals surface area (Å²) in [5.41, 5.74) is 7.54. The van der Waals surface area contributed by atoms with Crippen LogP contribution in [0.2, 0.25) is 0 Å². The lowest BCUT2D eigenvalue weighted by Crippen LogP contribution is -2.24. The predicted octanol–water partition coefficient (Wildman–Crippen LogP) is 2.22. The fourth-order valence-electron chi connectivity index (χ4n) is 2.10. The van der Waals surface area contributed by atoms with E-state index in [4.69, 9.17) is 5.73 Å². The Kier molecular flexibility index (Phi) is 1.99. The standard InChI is InChI=1S/C10H17N/c11-10-6-2-5-9(7-10)8-3-1-4-8/h7-8,10H,1-6,11H2. The van der Waals surface area contributed by atoms with Gasteiger partial charge in [-0.3, -0.25) is 0 Å². The molecule has 2 aliphatic carbocycles. The summed E-state index contributed by atoms with van der Waals surface area (Å²) in [5.74, 6) is 0.932. The zero-order chi connectivity index (χ0) is 7.68. The van der Waals surface area contributed by atoms with Crippen molar-refractivity contribution in [2.24, 2.45) is 11.7 Å². The van der Waals surface area contributed by atoms with Crippen molar-refractivity contribution in [3.63, 3.8) is 0 Å². The van der Waals surface area contributed by atoms with Crippen LogP contribution >= 0.6 is 0 Å². The van der Waals surface area contributed by atoms with Crippen molar-refractivity contribution < 1.29 is 0 Å². The summed E-state index contributed by atoms with van der Waals surface area (Å²) in [5, 5.41) is 0. The van der Waals surface area contributed by atoms with Crippen molar-refractivity contribution in [1.82, 2.24) is 0 Å². The van der Waals surface area contributed by atoms with Crippen LogP contribution in [0.3, 0.4) is 0 Å². The molecule has 0 radical (unpaired) electrons. The van der Waals surface area contributed by atoms with Gasteiger partial charge in [-0.2, -0.15) is 0 Å². The van der Waals surface area contributed by atoms with Crippen LogP contribution in [-0.2, 0) is 0 Å². The topological polar surface area (TPSA) is 26.0 Å². The number of hydrogen-bond donors (Lipinski definition) is 1. The molecule has 0 aromatic heterocycles. The molecule has 0 heterocycles. The summed E-state index contributed by atoms with van der Waals surface area (Å²) in [6.07, 6.45) is 10.5. The fraction of sp³-hybridized carbons (Fsp3) is 0.800. The Bertz CT molecular complexity index is 168. The van der Waals surface area contributed by atoms with E-state index < -0.39 is 0 Å². The summed E-state index contributed by atoms with van der Waals surface area (Å²) < 4.78 is 0. The van der Waals surface area contributed by atoms with E-state index in [2.05, 4.69) is 6.08 Å². The molecule has 2 N–H and O–H groups in total. The Labute approximate surface area is 68.7 Å². The third-order valence-electron chi connectivity index (χ3n) is 3.06. The summed E-state index contributed by atoms with van der Waals surface area (Å²) in [6, 6.07) is 0.374. The zero-order valence-electron chi connectivity index (χ0n) is 7.05. The molecule has 0 saturated heterocycles. The quantitative estimate of drug-likeness (QED) is 0.571. The SMILES string of the molecule is NC1C=C(C2CCC2)CCC1. The van der Waals surface area contributed by atoms with Gasteiger partial charge in [0.05, 0.1) is 0 Å². The normalized spacial score (nSPS) is 32.8. The van der Waals surface area contributed by atoms with Gasteiger partial charge >= 0.3 is 0 Å². The summed E-state index contributed by atoms with van der Waals surface area (Å²) in [7, 11) is 0. The second kappa shape index (κ2) is 2.98. The van der Waals surface area contributed by atoms with Gasteiger partial charge in [-0.1, -0.05) is 18.1 Å². The molecule has 11 heavy (non-hydrogen) atoms. The third kappa shape index (κ3) is 1.48. The Morgan fingerprint density at radius 3 is 2.55 bits per heavy atom. The van der Waals surface area contributed by atoms with Crippen LogP contribution in [0.1, 0.15) is 38.5 Å². The summed E-state index contributed by atoms with van der Waals surface area (Å²) in [4.78, 5) is 0. The number of rotatable bonds is 1. The van der Waals surface area contributed by atoms with Crippen molar-refractivity contribution in [2.45, 2.75) is 44.6 Å².